The van der Waals surface area contributed by atoms with Gasteiger partial charge in [-0.15, -0.1) is 11.3 Å². The first-order valence-electron chi connectivity index (χ1n) is 4.91. The number of aromatic carboxylic acids is 1. The second kappa shape index (κ2) is 5.19. The van der Waals surface area contributed by atoms with E-state index in [4.69, 9.17) is 5.11 Å². The number of benzene rings is 1. The molecule has 1 heterocycles. The van der Waals surface area contributed by atoms with E-state index in [1.807, 2.05) is 0 Å². The maximum absolute atomic E-state index is 10.7. The van der Waals surface area contributed by atoms with E-state index >= 15 is 0 Å². The van der Waals surface area contributed by atoms with Crippen molar-refractivity contribution in [1.29, 1.82) is 0 Å². The summed E-state index contributed by atoms with van der Waals surface area (Å²) in [4.78, 5) is 11.6. The van der Waals surface area contributed by atoms with Crippen molar-refractivity contribution in [3.63, 3.8) is 0 Å². The van der Waals surface area contributed by atoms with Gasteiger partial charge in [0.25, 0.3) is 0 Å². The first-order valence-corrected chi connectivity index (χ1v) is 6.90. The summed E-state index contributed by atoms with van der Waals surface area (Å²) in [5.41, 5.74) is 1.07. The van der Waals surface area contributed by atoms with Crippen molar-refractivity contribution < 1.29 is 18.3 Å². The molecule has 0 radical (unpaired) electrons. The van der Waals surface area contributed by atoms with Gasteiger partial charge in [0.2, 0.25) is 10.9 Å². The summed E-state index contributed by atoms with van der Waals surface area (Å²) in [7, 11) is -2.66. The third-order valence-corrected chi connectivity index (χ3v) is 3.85. The highest BCUT2D eigenvalue weighted by atomic mass is 32.2. The van der Waals surface area contributed by atoms with E-state index in [9.17, 15) is 13.2 Å². The predicted octanol–water partition coefficient (Wildman–Crippen LogP) is 2.05. The van der Waals surface area contributed by atoms with Gasteiger partial charge in [0, 0.05) is 4.88 Å². The molecule has 0 bridgehead atoms. The van der Waals surface area contributed by atoms with Gasteiger partial charge >= 0.3 is 5.97 Å². The molecule has 0 unspecified atom stereocenters. The van der Waals surface area contributed by atoms with Crippen LogP contribution in [0.15, 0.2) is 36.4 Å². The molecule has 2 rings (SSSR count). The molecule has 18 heavy (non-hydrogen) atoms. The summed E-state index contributed by atoms with van der Waals surface area (Å²) in [5.74, 6) is -0.974. The number of hydrogen-bond donors (Lipinski definition) is 3. The summed E-state index contributed by atoms with van der Waals surface area (Å²) >= 11 is 1.29. The van der Waals surface area contributed by atoms with E-state index in [0.29, 0.717) is 5.00 Å². The molecule has 1 aromatic carbocycles. The number of carboxylic acid groups (broad SMARTS) is 1. The van der Waals surface area contributed by atoms with Gasteiger partial charge in [0.1, 0.15) is 5.00 Å². The maximum atomic E-state index is 10.7. The first-order chi connectivity index (χ1) is 8.56. The molecule has 94 valence electrons. The van der Waals surface area contributed by atoms with Crippen LogP contribution in [0.3, 0.4) is 0 Å². The number of thiophene rings is 1. The van der Waals surface area contributed by atoms with Crippen LogP contribution in [0, 0.1) is 0 Å². The molecule has 0 saturated carbocycles. The molecule has 5 nitrogen and oxygen atoms in total. The fraction of sp³-hybridized carbons (Fsp3) is 0. The minimum absolute atomic E-state index is 0.219. The van der Waals surface area contributed by atoms with E-state index in [-0.39, 0.29) is 5.56 Å². The minimum Gasteiger partial charge on any atom is -0.478 e. The zero-order valence-corrected chi connectivity index (χ0v) is 10.7. The van der Waals surface area contributed by atoms with Crippen molar-refractivity contribution in [1.82, 2.24) is 0 Å². The summed E-state index contributed by atoms with van der Waals surface area (Å²) in [6.07, 6.45) is 0. The summed E-state index contributed by atoms with van der Waals surface area (Å²) in [6, 6.07) is 9.85. The van der Waals surface area contributed by atoms with Crippen LogP contribution in [0.25, 0.3) is 10.4 Å². The Labute approximate surface area is 109 Å². The van der Waals surface area contributed by atoms with Gasteiger partial charge in [-0.2, -0.15) is 0 Å². The monoisotopic (exact) mass is 283 g/mol. The van der Waals surface area contributed by atoms with Crippen molar-refractivity contribution in [2.75, 3.05) is 4.72 Å². The largest absolute Gasteiger partial charge is 0.478 e. The lowest BCUT2D eigenvalue weighted by Gasteiger charge is -1.98. The number of carboxylic acids is 1. The SMILES string of the molecule is O=C(O)c1ccc(-c2ccc(N[SH](=O)=O)s2)cc1. The maximum Gasteiger partial charge on any atom is 0.335 e. The molecule has 0 spiro atoms. The molecule has 0 fully saturated rings. The lowest BCUT2D eigenvalue weighted by molar-refractivity contribution is 0.0697. The zero-order valence-electron chi connectivity index (χ0n) is 8.99. The van der Waals surface area contributed by atoms with E-state index in [0.717, 1.165) is 10.4 Å². The average molecular weight is 283 g/mol. The van der Waals surface area contributed by atoms with Gasteiger partial charge in [0.15, 0.2) is 0 Å². The zero-order chi connectivity index (χ0) is 13.1. The highest BCUT2D eigenvalue weighted by Gasteiger charge is 2.05. The molecule has 0 saturated heterocycles. The summed E-state index contributed by atoms with van der Waals surface area (Å²) in [5, 5.41) is 9.31. The molecule has 1 aromatic heterocycles. The molecule has 0 aliphatic rings. The fourth-order valence-corrected chi connectivity index (χ4v) is 2.84. The molecule has 7 heteroatoms. The molecule has 0 atom stereocenters. The Bertz CT molecular complexity index is 635. The summed E-state index contributed by atoms with van der Waals surface area (Å²) < 4.78 is 23.3. The third kappa shape index (κ3) is 2.88. The Morgan fingerprint density at radius 1 is 1.11 bits per heavy atom. The number of carbonyl (C=O) groups is 1. The summed E-state index contributed by atoms with van der Waals surface area (Å²) in [6.45, 7) is 0. The number of anilines is 1. The molecule has 0 aliphatic heterocycles. The molecule has 0 aliphatic carbocycles. The van der Waals surface area contributed by atoms with E-state index in [1.54, 1.807) is 24.3 Å². The van der Waals surface area contributed by atoms with Gasteiger partial charge in [-0.3, -0.25) is 4.72 Å². The second-order valence-electron chi connectivity index (χ2n) is 3.42. The van der Waals surface area contributed by atoms with Gasteiger partial charge in [-0.1, -0.05) is 12.1 Å². The van der Waals surface area contributed by atoms with Crippen LogP contribution in [-0.4, -0.2) is 19.5 Å². The Morgan fingerprint density at radius 3 is 2.33 bits per heavy atom. The number of hydrogen-bond acceptors (Lipinski definition) is 4. The Kier molecular flexibility index (Phi) is 3.63. The molecule has 0 amide bonds. The van der Waals surface area contributed by atoms with Crippen LogP contribution in [0.2, 0.25) is 0 Å². The van der Waals surface area contributed by atoms with Crippen LogP contribution in [0.4, 0.5) is 5.00 Å². The van der Waals surface area contributed by atoms with Crippen LogP contribution >= 0.6 is 11.3 Å². The van der Waals surface area contributed by atoms with Crippen molar-refractivity contribution in [3.8, 4) is 10.4 Å². The van der Waals surface area contributed by atoms with E-state index in [2.05, 4.69) is 4.72 Å². The molecule has 2 N–H and O–H groups in total. The topological polar surface area (TPSA) is 83.5 Å². The van der Waals surface area contributed by atoms with Gasteiger partial charge in [0.05, 0.1) is 5.56 Å². The lowest BCUT2D eigenvalue weighted by Crippen LogP contribution is -1.94. The van der Waals surface area contributed by atoms with E-state index in [1.165, 1.54) is 23.5 Å². The van der Waals surface area contributed by atoms with Crippen molar-refractivity contribution in [2.24, 2.45) is 0 Å². The predicted molar refractivity (Wildman–Crippen MR) is 70.7 cm³/mol. The highest BCUT2D eigenvalue weighted by Crippen LogP contribution is 2.31. The fourth-order valence-electron chi connectivity index (χ4n) is 1.42. The first kappa shape index (κ1) is 12.6. The number of thiol groups is 1. The van der Waals surface area contributed by atoms with Crippen molar-refractivity contribution in [2.45, 2.75) is 0 Å². The van der Waals surface area contributed by atoms with E-state index < -0.39 is 16.9 Å². The standard InChI is InChI=1S/C11H9NO4S2/c13-11(14)8-3-1-7(2-4-8)9-5-6-10(17-9)12-18(15)16/h1-6,18H,(H,13,14)(H,12,15,16). The van der Waals surface area contributed by atoms with Gasteiger partial charge in [-0.25, -0.2) is 13.2 Å². The third-order valence-electron chi connectivity index (χ3n) is 2.22. The number of nitrogens with one attached hydrogen (secondary N) is 1. The number of rotatable bonds is 4. The minimum atomic E-state index is -2.66. The lowest BCUT2D eigenvalue weighted by atomic mass is 10.1. The highest BCUT2D eigenvalue weighted by molar-refractivity contribution is 7.74. The quantitative estimate of drug-likeness (QED) is 0.750. The normalized spacial score (nSPS) is 10.5. The molecular formula is C11H9NO4S2. The van der Waals surface area contributed by atoms with Crippen LogP contribution in [-0.2, 0) is 10.9 Å². The van der Waals surface area contributed by atoms with Gasteiger partial charge < -0.3 is 5.11 Å². The molecular weight excluding hydrogens is 274 g/mol. The van der Waals surface area contributed by atoms with Gasteiger partial charge in [-0.05, 0) is 29.8 Å². The second-order valence-corrected chi connectivity index (χ2v) is 5.24. The molecule has 2 aromatic rings. The van der Waals surface area contributed by atoms with Crippen LogP contribution in [0.5, 0.6) is 0 Å². The van der Waals surface area contributed by atoms with Crippen LogP contribution in [0.1, 0.15) is 10.4 Å². The average Bonchev–Trinajstić information content (AvgIpc) is 2.76. The smallest absolute Gasteiger partial charge is 0.335 e. The Balaban J connectivity index is 2.25. The van der Waals surface area contributed by atoms with Crippen molar-refractivity contribution in [3.05, 3.63) is 42.0 Å². The Hall–Kier alpha value is -1.86. The Morgan fingerprint density at radius 2 is 1.78 bits per heavy atom. The van der Waals surface area contributed by atoms with Crippen LogP contribution < -0.4 is 4.72 Å². The van der Waals surface area contributed by atoms with Crippen molar-refractivity contribution >= 4 is 33.2 Å².